The second-order valence-electron chi connectivity index (χ2n) is 6.95. The zero-order chi connectivity index (χ0) is 13.6. The fourth-order valence-corrected chi connectivity index (χ4v) is 3.44. The van der Waals surface area contributed by atoms with Crippen molar-refractivity contribution in [3.8, 4) is 0 Å². The molecule has 1 aromatic rings. The van der Waals surface area contributed by atoms with E-state index in [0.29, 0.717) is 17.9 Å². The number of nitrogens with two attached hydrogens (primary N) is 1. The Hall–Kier alpha value is -0.990. The first-order valence-corrected chi connectivity index (χ1v) is 7.95. The average Bonchev–Trinajstić information content (AvgIpc) is 3.14. The van der Waals surface area contributed by atoms with E-state index in [0.717, 1.165) is 11.7 Å². The fraction of sp³-hybridized carbons (Fsp3) is 0.812. The summed E-state index contributed by atoms with van der Waals surface area (Å²) in [5.41, 5.74) is 7.66. The van der Waals surface area contributed by atoms with Crippen LogP contribution in [0.15, 0.2) is 0 Å². The minimum Gasteiger partial charge on any atom is -0.384 e. The van der Waals surface area contributed by atoms with E-state index >= 15 is 0 Å². The van der Waals surface area contributed by atoms with Crippen molar-refractivity contribution in [1.82, 2.24) is 9.55 Å². The van der Waals surface area contributed by atoms with Gasteiger partial charge in [-0.3, -0.25) is 0 Å². The Morgan fingerprint density at radius 1 is 1.11 bits per heavy atom. The van der Waals surface area contributed by atoms with Gasteiger partial charge in [0.15, 0.2) is 0 Å². The topological polar surface area (TPSA) is 43.8 Å². The van der Waals surface area contributed by atoms with Crippen LogP contribution in [0.1, 0.15) is 88.7 Å². The average molecular weight is 261 g/mol. The Kier molecular flexibility index (Phi) is 3.32. The maximum absolute atomic E-state index is 6.45. The van der Waals surface area contributed by atoms with E-state index < -0.39 is 0 Å². The second kappa shape index (κ2) is 4.84. The molecular weight excluding hydrogens is 234 g/mol. The third-order valence-electron chi connectivity index (χ3n) is 4.83. The molecule has 0 spiro atoms. The largest absolute Gasteiger partial charge is 0.384 e. The molecule has 106 valence electrons. The number of hydrogen-bond donors (Lipinski definition) is 1. The maximum Gasteiger partial charge on any atom is 0.127 e. The summed E-state index contributed by atoms with van der Waals surface area (Å²) in [5, 5.41) is 0. The summed E-state index contributed by atoms with van der Waals surface area (Å²) in [7, 11) is 0. The van der Waals surface area contributed by atoms with Crippen molar-refractivity contribution in [3.05, 3.63) is 11.5 Å². The zero-order valence-corrected chi connectivity index (χ0v) is 12.5. The molecule has 0 aromatic carbocycles. The summed E-state index contributed by atoms with van der Waals surface area (Å²) in [6.07, 6.45) is 7.76. The Labute approximate surface area is 116 Å². The van der Waals surface area contributed by atoms with E-state index in [2.05, 4.69) is 25.3 Å². The fourth-order valence-electron chi connectivity index (χ4n) is 3.44. The Bertz CT molecular complexity index is 449. The van der Waals surface area contributed by atoms with Gasteiger partial charge in [0.25, 0.3) is 0 Å². The first-order valence-electron chi connectivity index (χ1n) is 7.95. The van der Waals surface area contributed by atoms with Crippen LogP contribution in [0.4, 0.5) is 5.82 Å². The van der Waals surface area contributed by atoms with Crippen LogP contribution in [0.2, 0.25) is 0 Å². The summed E-state index contributed by atoms with van der Waals surface area (Å²) in [6.45, 7) is 6.82. The van der Waals surface area contributed by atoms with Crippen molar-refractivity contribution in [3.63, 3.8) is 0 Å². The molecule has 0 atom stereocenters. The molecule has 0 aliphatic heterocycles. The highest BCUT2D eigenvalue weighted by atomic mass is 15.2. The molecule has 2 aliphatic carbocycles. The van der Waals surface area contributed by atoms with E-state index in [-0.39, 0.29) is 0 Å². The van der Waals surface area contributed by atoms with Crippen LogP contribution in [0, 0.1) is 5.92 Å². The summed E-state index contributed by atoms with van der Waals surface area (Å²) in [4.78, 5) is 4.96. The number of imidazole rings is 1. The van der Waals surface area contributed by atoms with E-state index in [1.807, 2.05) is 0 Å². The molecule has 2 aliphatic rings. The van der Waals surface area contributed by atoms with Gasteiger partial charge in [-0.25, -0.2) is 4.98 Å². The number of rotatable bonds is 3. The molecule has 3 heteroatoms. The molecule has 1 aromatic heterocycles. The smallest absolute Gasteiger partial charge is 0.127 e. The first-order chi connectivity index (χ1) is 9.08. The van der Waals surface area contributed by atoms with Crippen molar-refractivity contribution >= 4 is 5.82 Å². The van der Waals surface area contributed by atoms with E-state index in [1.54, 1.807) is 0 Å². The molecule has 19 heavy (non-hydrogen) atoms. The minimum atomic E-state index is 0.471. The molecule has 0 radical (unpaired) electrons. The second-order valence-corrected chi connectivity index (χ2v) is 6.95. The molecular formula is C16H27N3. The molecule has 0 amide bonds. The Morgan fingerprint density at radius 3 is 2.26 bits per heavy atom. The van der Waals surface area contributed by atoms with Gasteiger partial charge in [0.1, 0.15) is 11.6 Å². The Morgan fingerprint density at radius 2 is 1.74 bits per heavy atom. The van der Waals surface area contributed by atoms with Crippen LogP contribution < -0.4 is 5.73 Å². The lowest BCUT2D eigenvalue weighted by molar-refractivity contribution is 0.345. The molecule has 3 rings (SSSR count). The van der Waals surface area contributed by atoms with Crippen molar-refractivity contribution in [2.75, 3.05) is 5.73 Å². The van der Waals surface area contributed by atoms with Crippen LogP contribution in [-0.2, 0) is 0 Å². The molecule has 2 fully saturated rings. The van der Waals surface area contributed by atoms with Gasteiger partial charge in [0.05, 0.1) is 5.69 Å². The molecule has 0 saturated heterocycles. The monoisotopic (exact) mass is 261 g/mol. The molecule has 0 unspecified atom stereocenters. The molecule has 1 heterocycles. The summed E-state index contributed by atoms with van der Waals surface area (Å²) in [5.74, 6) is 4.15. The van der Waals surface area contributed by atoms with Gasteiger partial charge in [0, 0.05) is 17.9 Å². The third kappa shape index (κ3) is 2.39. The quantitative estimate of drug-likeness (QED) is 0.885. The SMILES string of the molecule is CC1CCC(c2nc(C(C)C)n(C3CC3)c2N)CC1. The number of nitrogens with zero attached hydrogens (tertiary/aromatic N) is 2. The van der Waals surface area contributed by atoms with E-state index in [1.165, 1.54) is 50.0 Å². The summed E-state index contributed by atoms with van der Waals surface area (Å²) in [6, 6.07) is 0.640. The lowest BCUT2D eigenvalue weighted by Gasteiger charge is -2.25. The number of hydrogen-bond acceptors (Lipinski definition) is 2. The predicted octanol–water partition coefficient (Wildman–Crippen LogP) is 4.22. The van der Waals surface area contributed by atoms with Crippen LogP contribution in [0.5, 0.6) is 0 Å². The lowest BCUT2D eigenvalue weighted by Crippen LogP contribution is -2.13. The van der Waals surface area contributed by atoms with Gasteiger partial charge in [-0.15, -0.1) is 0 Å². The van der Waals surface area contributed by atoms with Gasteiger partial charge in [-0.1, -0.05) is 33.6 Å². The van der Waals surface area contributed by atoms with Crippen LogP contribution in [0.25, 0.3) is 0 Å². The van der Waals surface area contributed by atoms with Crippen molar-refractivity contribution in [2.24, 2.45) is 5.92 Å². The number of aromatic nitrogens is 2. The predicted molar refractivity (Wildman–Crippen MR) is 79.4 cm³/mol. The minimum absolute atomic E-state index is 0.471. The third-order valence-corrected chi connectivity index (χ3v) is 4.83. The van der Waals surface area contributed by atoms with E-state index in [4.69, 9.17) is 10.7 Å². The van der Waals surface area contributed by atoms with Crippen LogP contribution in [0.3, 0.4) is 0 Å². The van der Waals surface area contributed by atoms with E-state index in [9.17, 15) is 0 Å². The van der Waals surface area contributed by atoms with Gasteiger partial charge in [-0.2, -0.15) is 0 Å². The van der Waals surface area contributed by atoms with Gasteiger partial charge in [0.2, 0.25) is 0 Å². The van der Waals surface area contributed by atoms with Gasteiger partial charge >= 0.3 is 0 Å². The maximum atomic E-state index is 6.45. The molecule has 2 saturated carbocycles. The number of anilines is 1. The van der Waals surface area contributed by atoms with Crippen molar-refractivity contribution in [2.45, 2.75) is 77.2 Å². The van der Waals surface area contributed by atoms with Crippen molar-refractivity contribution < 1.29 is 0 Å². The van der Waals surface area contributed by atoms with Gasteiger partial charge < -0.3 is 10.3 Å². The summed E-state index contributed by atoms with van der Waals surface area (Å²) < 4.78 is 2.35. The van der Waals surface area contributed by atoms with Crippen molar-refractivity contribution in [1.29, 1.82) is 0 Å². The lowest BCUT2D eigenvalue weighted by atomic mass is 9.81. The highest BCUT2D eigenvalue weighted by Gasteiger charge is 2.33. The van der Waals surface area contributed by atoms with Crippen LogP contribution in [-0.4, -0.2) is 9.55 Å². The normalized spacial score (nSPS) is 28.0. The Balaban J connectivity index is 1.91. The molecule has 3 nitrogen and oxygen atoms in total. The number of nitrogen functional groups attached to an aromatic ring is 1. The van der Waals surface area contributed by atoms with Crippen LogP contribution >= 0.6 is 0 Å². The molecule has 2 N–H and O–H groups in total. The standard InChI is InChI=1S/C16H27N3/c1-10(2)16-18-14(12-6-4-11(3)5-7-12)15(17)19(16)13-8-9-13/h10-13H,4-9,17H2,1-3H3. The zero-order valence-electron chi connectivity index (χ0n) is 12.5. The highest BCUT2D eigenvalue weighted by Crippen LogP contribution is 2.44. The highest BCUT2D eigenvalue weighted by molar-refractivity contribution is 5.42. The molecule has 0 bridgehead atoms. The van der Waals surface area contributed by atoms with Gasteiger partial charge in [-0.05, 0) is 31.6 Å². The summed E-state index contributed by atoms with van der Waals surface area (Å²) >= 11 is 0. The first kappa shape index (κ1) is 13.0.